The molecule has 78 valence electrons. The van der Waals surface area contributed by atoms with Gasteiger partial charge in [0.05, 0.1) is 0 Å². The van der Waals surface area contributed by atoms with Crippen LogP contribution in [0.3, 0.4) is 0 Å². The highest BCUT2D eigenvalue weighted by molar-refractivity contribution is 5.23. The second kappa shape index (κ2) is 4.31. The van der Waals surface area contributed by atoms with Crippen LogP contribution in [-0.2, 0) is 0 Å². The van der Waals surface area contributed by atoms with Gasteiger partial charge in [0, 0.05) is 6.54 Å². The molecular formula is C13H21N. The molecule has 2 aliphatic rings. The molecule has 14 heavy (non-hydrogen) atoms. The average Bonchev–Trinajstić information content (AvgIpc) is 2.56. The molecule has 1 heteroatoms. The van der Waals surface area contributed by atoms with E-state index in [0.29, 0.717) is 0 Å². The van der Waals surface area contributed by atoms with E-state index in [4.69, 9.17) is 0 Å². The number of hydrogen-bond acceptors (Lipinski definition) is 1. The zero-order chi connectivity index (χ0) is 9.97. The maximum absolute atomic E-state index is 2.46. The number of allylic oxidation sites excluding steroid dienone is 4. The van der Waals surface area contributed by atoms with E-state index in [-0.39, 0.29) is 0 Å². The Kier molecular flexibility index (Phi) is 3.07. The Balaban J connectivity index is 1.91. The van der Waals surface area contributed by atoms with Gasteiger partial charge in [0.15, 0.2) is 0 Å². The van der Waals surface area contributed by atoms with Gasteiger partial charge < -0.3 is 4.90 Å². The van der Waals surface area contributed by atoms with Crippen molar-refractivity contribution in [3.8, 4) is 0 Å². The van der Waals surface area contributed by atoms with Crippen LogP contribution in [-0.4, -0.2) is 25.0 Å². The maximum Gasteiger partial charge on any atom is 0.00102 e. The minimum atomic E-state index is 0.927. The van der Waals surface area contributed by atoms with Crippen molar-refractivity contribution in [2.45, 2.75) is 32.6 Å². The van der Waals surface area contributed by atoms with Gasteiger partial charge in [-0.3, -0.25) is 0 Å². The minimum absolute atomic E-state index is 0.927. The van der Waals surface area contributed by atoms with Crippen LogP contribution in [0.1, 0.15) is 32.6 Å². The fraction of sp³-hybridized carbons (Fsp3) is 0.692. The molecule has 0 N–H and O–H groups in total. The van der Waals surface area contributed by atoms with E-state index in [1.54, 1.807) is 11.1 Å². The van der Waals surface area contributed by atoms with Gasteiger partial charge in [-0.05, 0) is 52.1 Å². The van der Waals surface area contributed by atoms with Gasteiger partial charge in [-0.1, -0.05) is 23.3 Å². The van der Waals surface area contributed by atoms with Crippen molar-refractivity contribution in [1.82, 2.24) is 4.90 Å². The predicted molar refractivity (Wildman–Crippen MR) is 61.3 cm³/mol. The summed E-state index contributed by atoms with van der Waals surface area (Å²) in [6.45, 7) is 4.91. The Hall–Kier alpha value is -0.560. The molecule has 0 aromatic rings. The maximum atomic E-state index is 2.46. The Labute approximate surface area is 87.5 Å². The number of hydrogen-bond donors (Lipinski definition) is 0. The van der Waals surface area contributed by atoms with Crippen LogP contribution >= 0.6 is 0 Å². The minimum Gasteiger partial charge on any atom is -0.306 e. The van der Waals surface area contributed by atoms with E-state index >= 15 is 0 Å². The zero-order valence-electron chi connectivity index (χ0n) is 9.42. The molecular weight excluding hydrogens is 170 g/mol. The van der Waals surface area contributed by atoms with Crippen molar-refractivity contribution in [2.75, 3.05) is 20.1 Å². The molecule has 0 bridgehead atoms. The van der Waals surface area contributed by atoms with Crippen LogP contribution in [0.2, 0.25) is 0 Å². The molecule has 1 saturated heterocycles. The van der Waals surface area contributed by atoms with E-state index < -0.39 is 0 Å². The first-order valence-electron chi connectivity index (χ1n) is 5.76. The van der Waals surface area contributed by atoms with Crippen LogP contribution in [0.15, 0.2) is 23.3 Å². The van der Waals surface area contributed by atoms with Gasteiger partial charge in [-0.15, -0.1) is 0 Å². The Morgan fingerprint density at radius 2 is 2.14 bits per heavy atom. The van der Waals surface area contributed by atoms with Crippen LogP contribution in [0.4, 0.5) is 0 Å². The largest absolute Gasteiger partial charge is 0.306 e. The topological polar surface area (TPSA) is 3.24 Å². The summed E-state index contributed by atoms with van der Waals surface area (Å²) in [4.78, 5) is 2.46. The molecule has 1 aliphatic carbocycles. The van der Waals surface area contributed by atoms with E-state index in [0.717, 1.165) is 5.92 Å². The molecule has 0 aromatic heterocycles. The lowest BCUT2D eigenvalue weighted by Gasteiger charge is -2.17. The van der Waals surface area contributed by atoms with Crippen molar-refractivity contribution >= 4 is 0 Å². The van der Waals surface area contributed by atoms with Crippen molar-refractivity contribution in [3.05, 3.63) is 23.3 Å². The first kappa shape index (κ1) is 9.97. The first-order valence-corrected chi connectivity index (χ1v) is 5.76. The summed E-state index contributed by atoms with van der Waals surface area (Å²) in [6.07, 6.45) is 9.79. The molecule has 0 radical (unpaired) electrons. The average molecular weight is 191 g/mol. The zero-order valence-corrected chi connectivity index (χ0v) is 9.42. The van der Waals surface area contributed by atoms with Crippen LogP contribution in [0, 0.1) is 5.92 Å². The fourth-order valence-electron chi connectivity index (χ4n) is 2.60. The van der Waals surface area contributed by atoms with Crippen LogP contribution in [0.25, 0.3) is 0 Å². The van der Waals surface area contributed by atoms with Gasteiger partial charge in [-0.2, -0.15) is 0 Å². The number of nitrogens with zero attached hydrogens (tertiary/aromatic N) is 1. The van der Waals surface area contributed by atoms with Gasteiger partial charge in [-0.25, -0.2) is 0 Å². The summed E-state index contributed by atoms with van der Waals surface area (Å²) in [5.74, 6) is 0.927. The molecule has 1 fully saturated rings. The van der Waals surface area contributed by atoms with Crippen molar-refractivity contribution in [1.29, 1.82) is 0 Å². The summed E-state index contributed by atoms with van der Waals surface area (Å²) in [5, 5.41) is 0. The summed E-state index contributed by atoms with van der Waals surface area (Å²) in [5.41, 5.74) is 3.34. The molecule has 0 amide bonds. The third-order valence-electron chi connectivity index (χ3n) is 3.58. The molecule has 2 rings (SSSR count). The van der Waals surface area contributed by atoms with E-state index in [9.17, 15) is 0 Å². The molecule has 1 unspecified atom stereocenters. The Bertz CT molecular complexity index is 262. The summed E-state index contributed by atoms with van der Waals surface area (Å²) in [6, 6.07) is 0. The number of likely N-dealkylation sites (tertiary alicyclic amines) is 1. The molecule has 1 atom stereocenters. The van der Waals surface area contributed by atoms with Gasteiger partial charge in [0.2, 0.25) is 0 Å². The predicted octanol–water partition coefficient (Wildman–Crippen LogP) is 2.99. The Morgan fingerprint density at radius 3 is 2.79 bits per heavy atom. The lowest BCUT2D eigenvalue weighted by Crippen LogP contribution is -2.14. The van der Waals surface area contributed by atoms with E-state index in [1.807, 2.05) is 0 Å². The quantitative estimate of drug-likeness (QED) is 0.606. The third-order valence-corrected chi connectivity index (χ3v) is 3.58. The molecule has 0 spiro atoms. The van der Waals surface area contributed by atoms with Crippen LogP contribution < -0.4 is 0 Å². The highest BCUT2D eigenvalue weighted by Crippen LogP contribution is 2.29. The second-order valence-electron chi connectivity index (χ2n) is 4.88. The third kappa shape index (κ3) is 2.27. The number of rotatable bonds is 2. The highest BCUT2D eigenvalue weighted by atomic mass is 15.1. The van der Waals surface area contributed by atoms with Crippen molar-refractivity contribution < 1.29 is 0 Å². The molecule has 1 heterocycles. The lowest BCUT2D eigenvalue weighted by atomic mass is 9.89. The molecule has 0 saturated carbocycles. The molecule has 1 nitrogen and oxygen atoms in total. The smallest absolute Gasteiger partial charge is 0.00102 e. The van der Waals surface area contributed by atoms with Gasteiger partial charge >= 0.3 is 0 Å². The summed E-state index contributed by atoms with van der Waals surface area (Å²) < 4.78 is 0. The van der Waals surface area contributed by atoms with Crippen LogP contribution in [0.5, 0.6) is 0 Å². The fourth-order valence-corrected chi connectivity index (χ4v) is 2.60. The standard InChI is InChI=1S/C13H21N/c1-11-5-3-4-6-13(11)9-12-7-8-14(2)10-12/h3-4,12H,5-10H2,1-2H3. The second-order valence-corrected chi connectivity index (χ2v) is 4.88. The molecule has 1 aliphatic heterocycles. The highest BCUT2D eigenvalue weighted by Gasteiger charge is 2.21. The SMILES string of the molecule is CC1=C(CC2CCN(C)C2)CC=CC1. The van der Waals surface area contributed by atoms with Gasteiger partial charge in [0.25, 0.3) is 0 Å². The molecule has 0 aromatic carbocycles. The lowest BCUT2D eigenvalue weighted by molar-refractivity contribution is 0.393. The summed E-state index contributed by atoms with van der Waals surface area (Å²) in [7, 11) is 2.24. The first-order chi connectivity index (χ1) is 6.75. The monoisotopic (exact) mass is 191 g/mol. The normalized spacial score (nSPS) is 28.9. The van der Waals surface area contributed by atoms with Gasteiger partial charge in [0.1, 0.15) is 0 Å². The van der Waals surface area contributed by atoms with Crippen molar-refractivity contribution in [3.63, 3.8) is 0 Å². The summed E-state index contributed by atoms with van der Waals surface area (Å²) >= 11 is 0. The Morgan fingerprint density at radius 1 is 1.36 bits per heavy atom. The van der Waals surface area contributed by atoms with E-state index in [2.05, 4.69) is 31.0 Å². The van der Waals surface area contributed by atoms with Crippen molar-refractivity contribution in [2.24, 2.45) is 5.92 Å². The van der Waals surface area contributed by atoms with E-state index in [1.165, 1.54) is 38.8 Å².